The molecule has 1 saturated heterocycles. The van der Waals surface area contributed by atoms with E-state index in [1.807, 2.05) is 0 Å². The number of aromatic hydroxyl groups is 1. The van der Waals surface area contributed by atoms with Crippen molar-refractivity contribution in [3.8, 4) is 17.0 Å². The Kier molecular flexibility index (Phi) is 5.66. The van der Waals surface area contributed by atoms with Gasteiger partial charge in [0.1, 0.15) is 11.6 Å². The number of aromatic nitrogens is 2. The van der Waals surface area contributed by atoms with Crippen molar-refractivity contribution in [1.82, 2.24) is 15.5 Å². The number of nitrogens with one attached hydrogen (secondary N) is 1. The summed E-state index contributed by atoms with van der Waals surface area (Å²) in [6, 6.07) is 6.17. The third-order valence-corrected chi connectivity index (χ3v) is 4.57. The average molecular weight is 371 g/mol. The molecule has 7 nitrogen and oxygen atoms in total. The summed E-state index contributed by atoms with van der Waals surface area (Å²) >= 11 is 0. The number of likely N-dealkylation sites (N-methyl/N-ethyl adjacent to an activating group) is 1. The number of amides is 1. The first-order chi connectivity index (χ1) is 13.0. The lowest BCUT2D eigenvalue weighted by Crippen LogP contribution is -2.40. The Labute approximate surface area is 156 Å². The van der Waals surface area contributed by atoms with Gasteiger partial charge in [-0.3, -0.25) is 4.79 Å². The van der Waals surface area contributed by atoms with Crippen molar-refractivity contribution in [2.24, 2.45) is 5.73 Å². The molecule has 1 aromatic heterocycles. The highest BCUT2D eigenvalue weighted by atomic mass is 19.1. The minimum atomic E-state index is -0.571. The number of halogens is 1. The minimum Gasteiger partial charge on any atom is -0.507 e. The topological polar surface area (TPSA) is 104 Å². The largest absolute Gasteiger partial charge is 0.507 e. The van der Waals surface area contributed by atoms with Crippen molar-refractivity contribution in [1.29, 1.82) is 0 Å². The van der Waals surface area contributed by atoms with Crippen molar-refractivity contribution in [3.05, 3.63) is 41.7 Å². The SMILES string of the molecule is CNC(=O)/C=C/c1cc(O)c(-c2ccc(N3CCC(N)CC3)nn2)cc1F. The van der Waals surface area contributed by atoms with Crippen LogP contribution in [0.25, 0.3) is 17.3 Å². The molecule has 0 radical (unpaired) electrons. The van der Waals surface area contributed by atoms with Gasteiger partial charge in [-0.05, 0) is 43.2 Å². The maximum Gasteiger partial charge on any atom is 0.243 e. The van der Waals surface area contributed by atoms with Gasteiger partial charge >= 0.3 is 0 Å². The fourth-order valence-electron chi connectivity index (χ4n) is 2.93. The molecule has 1 aliphatic rings. The number of hydrogen-bond acceptors (Lipinski definition) is 6. The van der Waals surface area contributed by atoms with Crippen LogP contribution in [0.2, 0.25) is 0 Å². The Hall–Kier alpha value is -3.00. The number of phenolic OH excluding ortho intramolecular Hbond substituents is 1. The second-order valence-corrected chi connectivity index (χ2v) is 6.44. The van der Waals surface area contributed by atoms with E-state index < -0.39 is 5.82 Å². The van der Waals surface area contributed by atoms with Gasteiger partial charge in [-0.25, -0.2) is 4.39 Å². The quantitative estimate of drug-likeness (QED) is 0.707. The second kappa shape index (κ2) is 8.13. The zero-order chi connectivity index (χ0) is 19.4. The summed E-state index contributed by atoms with van der Waals surface area (Å²) in [4.78, 5) is 13.3. The van der Waals surface area contributed by atoms with E-state index in [0.29, 0.717) is 5.69 Å². The van der Waals surface area contributed by atoms with Gasteiger partial charge in [-0.15, -0.1) is 10.2 Å². The van der Waals surface area contributed by atoms with E-state index in [1.165, 1.54) is 31.3 Å². The lowest BCUT2D eigenvalue weighted by molar-refractivity contribution is -0.115. The summed E-state index contributed by atoms with van der Waals surface area (Å²) < 4.78 is 14.3. The minimum absolute atomic E-state index is 0.106. The van der Waals surface area contributed by atoms with Gasteiger partial charge in [0.25, 0.3) is 0 Å². The molecule has 1 amide bonds. The maximum absolute atomic E-state index is 14.3. The fraction of sp³-hybridized carbons (Fsp3) is 0.316. The van der Waals surface area contributed by atoms with E-state index in [9.17, 15) is 14.3 Å². The molecular formula is C19H22FN5O2. The first kappa shape index (κ1) is 18.8. The molecule has 0 spiro atoms. The van der Waals surface area contributed by atoms with Crippen LogP contribution in [-0.2, 0) is 4.79 Å². The highest BCUT2D eigenvalue weighted by Gasteiger charge is 2.18. The van der Waals surface area contributed by atoms with Crippen LogP contribution in [0.1, 0.15) is 18.4 Å². The Bertz CT molecular complexity index is 846. The summed E-state index contributed by atoms with van der Waals surface area (Å²) in [5.74, 6) is -0.341. The van der Waals surface area contributed by atoms with Gasteiger partial charge in [-0.1, -0.05) is 0 Å². The fourth-order valence-corrected chi connectivity index (χ4v) is 2.93. The number of rotatable bonds is 4. The molecule has 0 saturated carbocycles. The molecule has 1 aromatic carbocycles. The summed E-state index contributed by atoms with van der Waals surface area (Å²) in [6.45, 7) is 1.64. The van der Waals surface area contributed by atoms with E-state index in [1.54, 1.807) is 12.1 Å². The van der Waals surface area contributed by atoms with E-state index in [-0.39, 0.29) is 28.8 Å². The molecule has 0 bridgehead atoms. The number of benzene rings is 1. The lowest BCUT2D eigenvalue weighted by Gasteiger charge is -2.30. The number of nitrogens with two attached hydrogens (primary N) is 1. The van der Waals surface area contributed by atoms with Crippen LogP contribution in [0.5, 0.6) is 5.75 Å². The van der Waals surface area contributed by atoms with Gasteiger partial charge in [0.15, 0.2) is 5.82 Å². The van der Waals surface area contributed by atoms with Crippen LogP contribution < -0.4 is 16.0 Å². The summed E-state index contributed by atoms with van der Waals surface area (Å²) in [7, 11) is 1.48. The first-order valence-corrected chi connectivity index (χ1v) is 8.75. The molecule has 1 fully saturated rings. The lowest BCUT2D eigenvalue weighted by atomic mass is 10.1. The zero-order valence-corrected chi connectivity index (χ0v) is 15.0. The zero-order valence-electron chi connectivity index (χ0n) is 15.0. The van der Waals surface area contributed by atoms with E-state index >= 15 is 0 Å². The van der Waals surface area contributed by atoms with Gasteiger partial charge in [0, 0.05) is 43.4 Å². The molecule has 8 heteroatoms. The molecular weight excluding hydrogens is 349 g/mol. The third kappa shape index (κ3) is 4.40. The predicted octanol–water partition coefficient (Wildman–Crippen LogP) is 1.67. The van der Waals surface area contributed by atoms with Crippen LogP contribution in [0, 0.1) is 5.82 Å². The third-order valence-electron chi connectivity index (χ3n) is 4.57. The average Bonchev–Trinajstić information content (AvgIpc) is 2.69. The Morgan fingerprint density at radius 3 is 2.70 bits per heavy atom. The number of anilines is 1. The van der Waals surface area contributed by atoms with Crippen LogP contribution >= 0.6 is 0 Å². The van der Waals surface area contributed by atoms with Crippen molar-refractivity contribution in [2.75, 3.05) is 25.0 Å². The van der Waals surface area contributed by atoms with Gasteiger partial charge < -0.3 is 21.1 Å². The summed E-state index contributed by atoms with van der Waals surface area (Å²) in [5.41, 5.74) is 6.62. The Morgan fingerprint density at radius 1 is 1.33 bits per heavy atom. The van der Waals surface area contributed by atoms with Gasteiger partial charge in [-0.2, -0.15) is 0 Å². The molecule has 142 valence electrons. The molecule has 3 rings (SSSR count). The summed E-state index contributed by atoms with van der Waals surface area (Å²) in [5, 5.41) is 21.0. The number of hydrogen-bond donors (Lipinski definition) is 3. The molecule has 1 aliphatic heterocycles. The number of phenols is 1. The molecule has 2 heterocycles. The number of carbonyl (C=O) groups is 1. The second-order valence-electron chi connectivity index (χ2n) is 6.44. The number of piperidine rings is 1. The molecule has 0 atom stereocenters. The first-order valence-electron chi connectivity index (χ1n) is 8.75. The van der Waals surface area contributed by atoms with Crippen molar-refractivity contribution >= 4 is 17.8 Å². The highest BCUT2D eigenvalue weighted by Crippen LogP contribution is 2.31. The molecule has 2 aromatic rings. The van der Waals surface area contributed by atoms with E-state index in [4.69, 9.17) is 5.73 Å². The normalized spacial score (nSPS) is 15.3. The molecule has 0 aliphatic carbocycles. The van der Waals surface area contributed by atoms with Gasteiger partial charge in [0.2, 0.25) is 5.91 Å². The van der Waals surface area contributed by atoms with E-state index in [0.717, 1.165) is 31.7 Å². The number of nitrogens with zero attached hydrogens (tertiary/aromatic N) is 3. The number of carbonyl (C=O) groups excluding carboxylic acids is 1. The van der Waals surface area contributed by atoms with Crippen LogP contribution in [0.15, 0.2) is 30.3 Å². The van der Waals surface area contributed by atoms with Crippen molar-refractivity contribution in [3.63, 3.8) is 0 Å². The standard InChI is InChI=1S/C19H22FN5O2/c1-22-19(27)5-2-12-10-17(26)14(11-15(12)20)16-3-4-18(24-23-16)25-8-6-13(21)7-9-25/h2-5,10-11,13,26H,6-9,21H2,1H3,(H,22,27)/b5-2+. The molecule has 4 N–H and O–H groups in total. The smallest absolute Gasteiger partial charge is 0.243 e. The predicted molar refractivity (Wildman–Crippen MR) is 102 cm³/mol. The van der Waals surface area contributed by atoms with E-state index in [2.05, 4.69) is 20.4 Å². The molecule has 0 unspecified atom stereocenters. The summed E-state index contributed by atoms with van der Waals surface area (Å²) in [6.07, 6.45) is 4.30. The monoisotopic (exact) mass is 371 g/mol. The van der Waals surface area contributed by atoms with Crippen LogP contribution in [0.4, 0.5) is 10.2 Å². The molecule has 27 heavy (non-hydrogen) atoms. The Morgan fingerprint density at radius 2 is 2.07 bits per heavy atom. The van der Waals surface area contributed by atoms with Crippen molar-refractivity contribution < 1.29 is 14.3 Å². The highest BCUT2D eigenvalue weighted by molar-refractivity contribution is 5.91. The van der Waals surface area contributed by atoms with Crippen LogP contribution in [-0.4, -0.2) is 47.4 Å². The van der Waals surface area contributed by atoms with Crippen LogP contribution in [0.3, 0.4) is 0 Å². The Balaban J connectivity index is 1.81. The van der Waals surface area contributed by atoms with Gasteiger partial charge in [0.05, 0.1) is 5.69 Å². The maximum atomic E-state index is 14.3. The van der Waals surface area contributed by atoms with Crippen molar-refractivity contribution in [2.45, 2.75) is 18.9 Å².